The summed E-state index contributed by atoms with van der Waals surface area (Å²) in [4.78, 5) is 0. The first-order valence-electron chi connectivity index (χ1n) is 7.65. The summed E-state index contributed by atoms with van der Waals surface area (Å²) in [5.74, 6) is 2.43. The molecule has 0 amide bonds. The van der Waals surface area contributed by atoms with Gasteiger partial charge in [0.15, 0.2) is 0 Å². The summed E-state index contributed by atoms with van der Waals surface area (Å²) in [7, 11) is 0. The standard InChI is InChI=1S/C17H36/c1-10-13(4)14(5)17(8,9)15(11-2)16(6,7)12-3/h13-15H,10-12H2,1-9H3. The van der Waals surface area contributed by atoms with Crippen LogP contribution in [0.4, 0.5) is 0 Å². The molecule has 0 heterocycles. The molecule has 0 nitrogen and oxygen atoms in total. The van der Waals surface area contributed by atoms with Gasteiger partial charge in [-0.3, -0.25) is 0 Å². The maximum Gasteiger partial charge on any atom is -0.0293 e. The molecule has 0 fully saturated rings. The fourth-order valence-electron chi connectivity index (χ4n) is 3.74. The van der Waals surface area contributed by atoms with Gasteiger partial charge in [0.25, 0.3) is 0 Å². The maximum absolute atomic E-state index is 2.50. The highest BCUT2D eigenvalue weighted by Crippen LogP contribution is 2.50. The lowest BCUT2D eigenvalue weighted by atomic mass is 9.56. The van der Waals surface area contributed by atoms with Crippen molar-refractivity contribution in [3.8, 4) is 0 Å². The Hall–Kier alpha value is 0. The molecule has 0 heteroatoms. The first kappa shape index (κ1) is 17.0. The van der Waals surface area contributed by atoms with Gasteiger partial charge in [-0.1, -0.05) is 81.6 Å². The lowest BCUT2D eigenvalue weighted by molar-refractivity contribution is 0.00200. The topological polar surface area (TPSA) is 0 Å². The van der Waals surface area contributed by atoms with E-state index in [2.05, 4.69) is 62.3 Å². The minimum absolute atomic E-state index is 0.434. The lowest BCUT2D eigenvalue weighted by Gasteiger charge is -2.49. The highest BCUT2D eigenvalue weighted by atomic mass is 14.5. The third-order valence-electron chi connectivity index (χ3n) is 5.83. The average molecular weight is 240 g/mol. The van der Waals surface area contributed by atoms with Gasteiger partial charge in [-0.05, 0) is 28.6 Å². The summed E-state index contributed by atoms with van der Waals surface area (Å²) in [6.45, 7) is 21.8. The van der Waals surface area contributed by atoms with Crippen LogP contribution >= 0.6 is 0 Å². The van der Waals surface area contributed by atoms with Crippen LogP contribution in [0.3, 0.4) is 0 Å². The smallest absolute Gasteiger partial charge is 0.0293 e. The summed E-state index contributed by atoms with van der Waals surface area (Å²) in [5.41, 5.74) is 0.893. The Morgan fingerprint density at radius 1 is 0.824 bits per heavy atom. The summed E-state index contributed by atoms with van der Waals surface area (Å²) < 4.78 is 0. The minimum atomic E-state index is 0.434. The Morgan fingerprint density at radius 2 is 1.29 bits per heavy atom. The van der Waals surface area contributed by atoms with Gasteiger partial charge in [-0.15, -0.1) is 0 Å². The van der Waals surface area contributed by atoms with Crippen LogP contribution in [0.5, 0.6) is 0 Å². The second kappa shape index (κ2) is 6.25. The molecule has 0 aromatic carbocycles. The van der Waals surface area contributed by atoms with Crippen LogP contribution in [-0.2, 0) is 0 Å². The molecule has 0 aliphatic heterocycles. The van der Waals surface area contributed by atoms with Crippen molar-refractivity contribution < 1.29 is 0 Å². The van der Waals surface area contributed by atoms with Crippen molar-refractivity contribution in [2.45, 2.75) is 81.6 Å². The fraction of sp³-hybridized carbons (Fsp3) is 1.00. The summed E-state index contributed by atoms with van der Waals surface area (Å²) in [5, 5.41) is 0. The van der Waals surface area contributed by atoms with E-state index in [4.69, 9.17) is 0 Å². The van der Waals surface area contributed by atoms with Crippen LogP contribution in [0.2, 0.25) is 0 Å². The molecule has 0 rings (SSSR count). The molecular weight excluding hydrogens is 204 g/mol. The Morgan fingerprint density at radius 3 is 1.59 bits per heavy atom. The third-order valence-corrected chi connectivity index (χ3v) is 5.83. The van der Waals surface area contributed by atoms with Gasteiger partial charge in [0.2, 0.25) is 0 Å². The van der Waals surface area contributed by atoms with Gasteiger partial charge < -0.3 is 0 Å². The monoisotopic (exact) mass is 240 g/mol. The largest absolute Gasteiger partial charge is 0.0651 e. The minimum Gasteiger partial charge on any atom is -0.0651 e. The van der Waals surface area contributed by atoms with Gasteiger partial charge in [-0.2, -0.15) is 0 Å². The molecule has 3 unspecified atom stereocenters. The van der Waals surface area contributed by atoms with Crippen molar-refractivity contribution in [1.29, 1.82) is 0 Å². The Labute approximate surface area is 111 Å². The molecule has 0 aromatic rings. The zero-order chi connectivity index (χ0) is 13.9. The summed E-state index contributed by atoms with van der Waals surface area (Å²) >= 11 is 0. The van der Waals surface area contributed by atoms with E-state index in [0.29, 0.717) is 10.8 Å². The van der Waals surface area contributed by atoms with Crippen LogP contribution < -0.4 is 0 Å². The van der Waals surface area contributed by atoms with Crippen molar-refractivity contribution in [3.05, 3.63) is 0 Å². The van der Waals surface area contributed by atoms with Crippen molar-refractivity contribution in [3.63, 3.8) is 0 Å². The normalized spacial score (nSPS) is 18.9. The number of hydrogen-bond acceptors (Lipinski definition) is 0. The van der Waals surface area contributed by atoms with Crippen molar-refractivity contribution in [2.75, 3.05) is 0 Å². The van der Waals surface area contributed by atoms with E-state index in [1.807, 2.05) is 0 Å². The third kappa shape index (κ3) is 3.73. The predicted molar refractivity (Wildman–Crippen MR) is 80.3 cm³/mol. The predicted octanol–water partition coefficient (Wildman–Crippen LogP) is 6.16. The van der Waals surface area contributed by atoms with E-state index < -0.39 is 0 Å². The molecular formula is C17H36. The van der Waals surface area contributed by atoms with Crippen LogP contribution in [0.25, 0.3) is 0 Å². The molecule has 3 atom stereocenters. The zero-order valence-electron chi connectivity index (χ0n) is 13.9. The molecule has 0 radical (unpaired) electrons. The van der Waals surface area contributed by atoms with Crippen molar-refractivity contribution >= 4 is 0 Å². The average Bonchev–Trinajstić information content (AvgIpc) is 2.27. The molecule has 0 spiro atoms. The Balaban J connectivity index is 5.11. The molecule has 0 N–H and O–H groups in total. The molecule has 17 heavy (non-hydrogen) atoms. The molecule has 0 saturated heterocycles. The highest BCUT2D eigenvalue weighted by Gasteiger charge is 2.42. The molecule has 0 aliphatic rings. The summed E-state index contributed by atoms with van der Waals surface area (Å²) in [6, 6.07) is 0. The van der Waals surface area contributed by atoms with Gasteiger partial charge >= 0.3 is 0 Å². The Kier molecular flexibility index (Phi) is 6.25. The zero-order valence-corrected chi connectivity index (χ0v) is 13.9. The maximum atomic E-state index is 2.50. The second-order valence-corrected chi connectivity index (χ2v) is 7.30. The van der Waals surface area contributed by atoms with Gasteiger partial charge in [-0.25, -0.2) is 0 Å². The van der Waals surface area contributed by atoms with Gasteiger partial charge in [0.1, 0.15) is 0 Å². The highest BCUT2D eigenvalue weighted by molar-refractivity contribution is 4.91. The van der Waals surface area contributed by atoms with Crippen LogP contribution in [-0.4, -0.2) is 0 Å². The Bertz CT molecular complexity index is 212. The fourth-order valence-corrected chi connectivity index (χ4v) is 3.74. The van der Waals surface area contributed by atoms with Gasteiger partial charge in [0, 0.05) is 0 Å². The number of rotatable bonds is 7. The van der Waals surface area contributed by atoms with E-state index in [-0.39, 0.29) is 0 Å². The molecule has 0 saturated carbocycles. The van der Waals surface area contributed by atoms with Gasteiger partial charge in [0.05, 0.1) is 0 Å². The van der Waals surface area contributed by atoms with E-state index in [9.17, 15) is 0 Å². The van der Waals surface area contributed by atoms with E-state index >= 15 is 0 Å². The van der Waals surface area contributed by atoms with E-state index in [0.717, 1.165) is 17.8 Å². The van der Waals surface area contributed by atoms with Crippen LogP contribution in [0, 0.1) is 28.6 Å². The SMILES string of the molecule is CCC(C)C(C)C(C)(C)C(CC)C(C)(C)CC. The first-order valence-corrected chi connectivity index (χ1v) is 7.65. The second-order valence-electron chi connectivity index (χ2n) is 7.30. The van der Waals surface area contributed by atoms with Crippen LogP contribution in [0.1, 0.15) is 81.6 Å². The first-order chi connectivity index (χ1) is 7.65. The lowest BCUT2D eigenvalue weighted by Crippen LogP contribution is -2.41. The van der Waals surface area contributed by atoms with Crippen LogP contribution in [0.15, 0.2) is 0 Å². The van der Waals surface area contributed by atoms with Crippen molar-refractivity contribution in [2.24, 2.45) is 28.6 Å². The molecule has 0 aliphatic carbocycles. The molecule has 0 bridgehead atoms. The van der Waals surface area contributed by atoms with Crippen molar-refractivity contribution in [1.82, 2.24) is 0 Å². The summed E-state index contributed by atoms with van der Waals surface area (Å²) in [6.07, 6.45) is 3.88. The molecule has 104 valence electrons. The van der Waals surface area contributed by atoms with E-state index in [1.54, 1.807) is 0 Å². The molecule has 0 aromatic heterocycles. The number of hydrogen-bond donors (Lipinski definition) is 0. The van der Waals surface area contributed by atoms with E-state index in [1.165, 1.54) is 19.3 Å². The quantitative estimate of drug-likeness (QED) is 0.500.